The average Bonchev–Trinajstić information content (AvgIpc) is 2.76. The van der Waals surface area contributed by atoms with Gasteiger partial charge in [-0.25, -0.2) is 9.97 Å². The minimum Gasteiger partial charge on any atom is -0.376 e. The standard InChI is InChI=1S/C11H8Cl2N2OS/c12-6-3-9(17-5-6)11-14-8-1-2-16-4-7(8)10(13)15-11/h3,5H,1-2,4H2. The van der Waals surface area contributed by atoms with E-state index >= 15 is 0 Å². The van der Waals surface area contributed by atoms with Crippen LogP contribution in [0, 0.1) is 0 Å². The van der Waals surface area contributed by atoms with Gasteiger partial charge in [-0.3, -0.25) is 0 Å². The highest BCUT2D eigenvalue weighted by atomic mass is 35.5. The minimum atomic E-state index is 0.481. The lowest BCUT2D eigenvalue weighted by Crippen LogP contribution is -2.13. The molecule has 0 unspecified atom stereocenters. The molecule has 0 radical (unpaired) electrons. The van der Waals surface area contributed by atoms with E-state index in [0.29, 0.717) is 29.2 Å². The molecule has 88 valence electrons. The van der Waals surface area contributed by atoms with E-state index in [2.05, 4.69) is 9.97 Å². The molecule has 2 aromatic heterocycles. The summed E-state index contributed by atoms with van der Waals surface area (Å²) in [6.07, 6.45) is 0.781. The Labute approximate surface area is 112 Å². The van der Waals surface area contributed by atoms with Gasteiger partial charge >= 0.3 is 0 Å². The van der Waals surface area contributed by atoms with Crippen LogP contribution >= 0.6 is 34.5 Å². The van der Waals surface area contributed by atoms with Gasteiger partial charge in [-0.1, -0.05) is 23.2 Å². The van der Waals surface area contributed by atoms with Crippen LogP contribution in [0.5, 0.6) is 0 Å². The van der Waals surface area contributed by atoms with E-state index in [-0.39, 0.29) is 0 Å². The molecule has 3 nitrogen and oxygen atoms in total. The van der Waals surface area contributed by atoms with Crippen LogP contribution in [0.1, 0.15) is 11.3 Å². The molecular weight excluding hydrogens is 279 g/mol. The molecule has 0 spiro atoms. The van der Waals surface area contributed by atoms with Gasteiger partial charge < -0.3 is 4.74 Å². The van der Waals surface area contributed by atoms with Crippen LogP contribution in [-0.2, 0) is 17.8 Å². The first-order valence-electron chi connectivity index (χ1n) is 5.11. The van der Waals surface area contributed by atoms with E-state index in [1.807, 2.05) is 11.4 Å². The molecule has 0 N–H and O–H groups in total. The zero-order valence-corrected chi connectivity index (χ0v) is 11.1. The molecule has 6 heteroatoms. The summed E-state index contributed by atoms with van der Waals surface area (Å²) in [5, 5.41) is 3.04. The number of hydrogen-bond acceptors (Lipinski definition) is 4. The Morgan fingerprint density at radius 3 is 2.94 bits per heavy atom. The van der Waals surface area contributed by atoms with Crippen molar-refractivity contribution in [1.29, 1.82) is 0 Å². The van der Waals surface area contributed by atoms with Crippen LogP contribution < -0.4 is 0 Å². The summed E-state index contributed by atoms with van der Waals surface area (Å²) in [5.41, 5.74) is 1.89. The number of ether oxygens (including phenoxy) is 1. The fraction of sp³-hybridized carbons (Fsp3) is 0.273. The van der Waals surface area contributed by atoms with Crippen LogP contribution in [-0.4, -0.2) is 16.6 Å². The second-order valence-corrected chi connectivity index (χ2v) is 5.40. The van der Waals surface area contributed by atoms with Crippen LogP contribution in [0.15, 0.2) is 11.4 Å². The molecule has 0 saturated carbocycles. The number of fused-ring (bicyclic) bond motifs is 1. The lowest BCUT2D eigenvalue weighted by Gasteiger charge is -2.16. The fourth-order valence-corrected chi connectivity index (χ4v) is 2.98. The van der Waals surface area contributed by atoms with Crippen LogP contribution in [0.4, 0.5) is 0 Å². The number of nitrogens with zero attached hydrogens (tertiary/aromatic N) is 2. The van der Waals surface area contributed by atoms with E-state index in [4.69, 9.17) is 27.9 Å². The Kier molecular flexibility index (Phi) is 3.04. The summed E-state index contributed by atoms with van der Waals surface area (Å²) >= 11 is 13.6. The zero-order valence-electron chi connectivity index (χ0n) is 8.74. The Hall–Kier alpha value is -0.680. The Balaban J connectivity index is 2.10. The highest BCUT2D eigenvalue weighted by Gasteiger charge is 2.18. The molecule has 0 aromatic carbocycles. The van der Waals surface area contributed by atoms with Gasteiger partial charge in [-0.2, -0.15) is 0 Å². The second kappa shape index (κ2) is 4.53. The molecule has 2 aromatic rings. The zero-order chi connectivity index (χ0) is 11.8. The highest BCUT2D eigenvalue weighted by Crippen LogP contribution is 2.30. The fourth-order valence-electron chi connectivity index (χ4n) is 1.73. The van der Waals surface area contributed by atoms with Crippen LogP contribution in [0.25, 0.3) is 10.7 Å². The summed E-state index contributed by atoms with van der Waals surface area (Å²) in [6.45, 7) is 1.19. The summed E-state index contributed by atoms with van der Waals surface area (Å²) < 4.78 is 5.34. The van der Waals surface area contributed by atoms with E-state index in [0.717, 1.165) is 22.6 Å². The van der Waals surface area contributed by atoms with Gasteiger partial charge in [0.2, 0.25) is 0 Å². The van der Waals surface area contributed by atoms with Gasteiger partial charge in [-0.05, 0) is 6.07 Å². The summed E-state index contributed by atoms with van der Waals surface area (Å²) in [4.78, 5) is 9.77. The van der Waals surface area contributed by atoms with Gasteiger partial charge in [0.25, 0.3) is 0 Å². The van der Waals surface area contributed by atoms with Crippen molar-refractivity contribution in [1.82, 2.24) is 9.97 Å². The molecule has 3 heterocycles. The molecule has 17 heavy (non-hydrogen) atoms. The van der Waals surface area contributed by atoms with Crippen molar-refractivity contribution in [3.05, 3.63) is 32.9 Å². The first kappa shape index (κ1) is 11.4. The molecule has 1 aliphatic rings. The van der Waals surface area contributed by atoms with E-state index < -0.39 is 0 Å². The quantitative estimate of drug-likeness (QED) is 0.752. The first-order chi connectivity index (χ1) is 8.24. The normalized spacial score (nSPS) is 14.7. The monoisotopic (exact) mass is 286 g/mol. The van der Waals surface area contributed by atoms with Gasteiger partial charge in [0.15, 0.2) is 5.82 Å². The molecular formula is C11H8Cl2N2OS. The number of aromatic nitrogens is 2. The van der Waals surface area contributed by atoms with Crippen molar-refractivity contribution in [2.45, 2.75) is 13.0 Å². The largest absolute Gasteiger partial charge is 0.376 e. The second-order valence-electron chi connectivity index (χ2n) is 3.70. The number of hydrogen-bond donors (Lipinski definition) is 0. The van der Waals surface area contributed by atoms with Crippen molar-refractivity contribution in [2.24, 2.45) is 0 Å². The first-order valence-corrected chi connectivity index (χ1v) is 6.75. The summed E-state index contributed by atoms with van der Waals surface area (Å²) in [5.74, 6) is 0.646. The van der Waals surface area contributed by atoms with E-state index in [1.165, 1.54) is 11.3 Å². The van der Waals surface area contributed by atoms with Crippen molar-refractivity contribution in [2.75, 3.05) is 6.61 Å². The average molecular weight is 287 g/mol. The molecule has 0 bridgehead atoms. The van der Waals surface area contributed by atoms with Crippen LogP contribution in [0.3, 0.4) is 0 Å². The smallest absolute Gasteiger partial charge is 0.171 e. The Morgan fingerprint density at radius 1 is 1.29 bits per heavy atom. The maximum atomic E-state index is 6.14. The maximum absolute atomic E-state index is 6.14. The Bertz CT molecular complexity index is 571. The van der Waals surface area contributed by atoms with Crippen molar-refractivity contribution >= 4 is 34.5 Å². The van der Waals surface area contributed by atoms with Gasteiger partial charge in [0.05, 0.1) is 28.8 Å². The topological polar surface area (TPSA) is 35.0 Å². The van der Waals surface area contributed by atoms with E-state index in [9.17, 15) is 0 Å². The van der Waals surface area contributed by atoms with Crippen molar-refractivity contribution in [3.63, 3.8) is 0 Å². The third-order valence-electron chi connectivity index (χ3n) is 2.56. The van der Waals surface area contributed by atoms with Crippen molar-refractivity contribution < 1.29 is 4.74 Å². The molecule has 1 aliphatic heterocycles. The van der Waals surface area contributed by atoms with Gasteiger partial charge in [-0.15, -0.1) is 11.3 Å². The number of thiophene rings is 1. The molecule has 0 amide bonds. The van der Waals surface area contributed by atoms with E-state index in [1.54, 1.807) is 0 Å². The predicted octanol–water partition coefficient (Wildman–Crippen LogP) is 3.58. The van der Waals surface area contributed by atoms with Gasteiger partial charge in [0, 0.05) is 17.4 Å². The molecule has 3 rings (SSSR count). The predicted molar refractivity (Wildman–Crippen MR) is 68.7 cm³/mol. The molecule has 0 saturated heterocycles. The SMILES string of the molecule is Clc1csc(-c2nc(Cl)c3c(n2)CCOC3)c1. The number of halogens is 2. The lowest BCUT2D eigenvalue weighted by molar-refractivity contribution is 0.109. The van der Waals surface area contributed by atoms with Crippen LogP contribution in [0.2, 0.25) is 10.2 Å². The minimum absolute atomic E-state index is 0.481. The molecule has 0 aliphatic carbocycles. The summed E-state index contributed by atoms with van der Waals surface area (Å²) in [6, 6.07) is 1.85. The molecule has 0 fully saturated rings. The maximum Gasteiger partial charge on any atom is 0.171 e. The van der Waals surface area contributed by atoms with Gasteiger partial charge in [0.1, 0.15) is 5.15 Å². The number of rotatable bonds is 1. The Morgan fingerprint density at radius 2 is 2.18 bits per heavy atom. The molecule has 0 atom stereocenters. The summed E-state index contributed by atoms with van der Waals surface area (Å²) in [7, 11) is 0. The third-order valence-corrected chi connectivity index (χ3v) is 4.15. The van der Waals surface area contributed by atoms with Crippen molar-refractivity contribution in [3.8, 4) is 10.7 Å². The highest BCUT2D eigenvalue weighted by molar-refractivity contribution is 7.14. The third kappa shape index (κ3) is 2.18. The lowest BCUT2D eigenvalue weighted by atomic mass is 10.1.